The molecule has 1 heterocycles. The van der Waals surface area contributed by atoms with Crippen molar-refractivity contribution in [3.8, 4) is 0 Å². The minimum absolute atomic E-state index is 0.948. The molecular weight excluding hydrogens is 304 g/mol. The van der Waals surface area contributed by atoms with Crippen molar-refractivity contribution in [2.45, 2.75) is 109 Å². The Bertz CT molecular complexity index is 270. The lowest BCUT2D eigenvalue weighted by molar-refractivity contribution is 0.263. The molecule has 1 N–H and O–H groups in total. The molecule has 0 bridgehead atoms. The maximum absolute atomic E-state index is 3.81. The molecular formula is C23H46N2. The standard InChI is InChI=1S/C23H46N2/c1-2-4-8-12-17-23(16-11-7-3-1)22-24-18-15-21-25-19-13-9-5-6-10-14-20-25/h23-24H,1-22H2. The first-order chi connectivity index (χ1) is 12.4. The minimum Gasteiger partial charge on any atom is -0.316 e. The maximum Gasteiger partial charge on any atom is -0.000664 e. The van der Waals surface area contributed by atoms with Gasteiger partial charge in [-0.3, -0.25) is 0 Å². The highest BCUT2D eigenvalue weighted by molar-refractivity contribution is 4.67. The summed E-state index contributed by atoms with van der Waals surface area (Å²) < 4.78 is 0. The summed E-state index contributed by atoms with van der Waals surface area (Å²) in [5.74, 6) is 0.948. The molecule has 2 rings (SSSR count). The summed E-state index contributed by atoms with van der Waals surface area (Å²) in [4.78, 5) is 2.74. The zero-order valence-electron chi connectivity index (χ0n) is 17.1. The normalized spacial score (nSPS) is 24.0. The Hall–Kier alpha value is -0.0800. The monoisotopic (exact) mass is 350 g/mol. The largest absolute Gasteiger partial charge is 0.316 e. The van der Waals surface area contributed by atoms with Gasteiger partial charge in [0, 0.05) is 0 Å². The van der Waals surface area contributed by atoms with Gasteiger partial charge in [0.2, 0.25) is 0 Å². The molecule has 0 amide bonds. The number of hydrogen-bond acceptors (Lipinski definition) is 2. The summed E-state index contributed by atoms with van der Waals surface area (Å²) in [6.07, 6.45) is 24.8. The Kier molecular flexibility index (Phi) is 12.8. The number of nitrogens with zero attached hydrogens (tertiary/aromatic N) is 1. The van der Waals surface area contributed by atoms with E-state index in [4.69, 9.17) is 0 Å². The zero-order valence-corrected chi connectivity index (χ0v) is 17.1. The molecule has 148 valence electrons. The molecule has 1 saturated heterocycles. The quantitative estimate of drug-likeness (QED) is 0.578. The zero-order chi connectivity index (χ0) is 17.4. The van der Waals surface area contributed by atoms with Crippen LogP contribution in [-0.2, 0) is 0 Å². The Morgan fingerprint density at radius 2 is 1.08 bits per heavy atom. The van der Waals surface area contributed by atoms with Crippen molar-refractivity contribution in [2.24, 2.45) is 5.92 Å². The van der Waals surface area contributed by atoms with Crippen LogP contribution in [0.4, 0.5) is 0 Å². The highest BCUT2D eigenvalue weighted by Gasteiger charge is 2.10. The fourth-order valence-electron chi connectivity index (χ4n) is 4.72. The molecule has 2 heteroatoms. The minimum atomic E-state index is 0.948. The smallest absolute Gasteiger partial charge is 0.000664 e. The predicted octanol–water partition coefficient (Wildman–Crippen LogP) is 6.15. The van der Waals surface area contributed by atoms with E-state index in [-0.39, 0.29) is 0 Å². The van der Waals surface area contributed by atoms with Crippen LogP contribution in [0.3, 0.4) is 0 Å². The maximum atomic E-state index is 3.81. The van der Waals surface area contributed by atoms with Crippen LogP contribution < -0.4 is 5.32 Å². The van der Waals surface area contributed by atoms with Crippen molar-refractivity contribution in [1.82, 2.24) is 10.2 Å². The number of rotatable bonds is 6. The number of nitrogens with one attached hydrogen (secondary N) is 1. The van der Waals surface area contributed by atoms with Crippen LogP contribution in [0, 0.1) is 5.92 Å². The van der Waals surface area contributed by atoms with Crippen LogP contribution in [0.1, 0.15) is 109 Å². The Labute approximate surface area is 158 Å². The third-order valence-electron chi connectivity index (χ3n) is 6.43. The van der Waals surface area contributed by atoms with E-state index in [0.29, 0.717) is 0 Å². The molecule has 25 heavy (non-hydrogen) atoms. The summed E-state index contributed by atoms with van der Waals surface area (Å²) >= 11 is 0. The van der Waals surface area contributed by atoms with E-state index in [9.17, 15) is 0 Å². The molecule has 0 aromatic heterocycles. The van der Waals surface area contributed by atoms with Crippen LogP contribution >= 0.6 is 0 Å². The molecule has 0 aromatic carbocycles. The molecule has 0 unspecified atom stereocenters. The van der Waals surface area contributed by atoms with Gasteiger partial charge in [-0.2, -0.15) is 0 Å². The molecule has 2 aliphatic rings. The van der Waals surface area contributed by atoms with Crippen LogP contribution in [-0.4, -0.2) is 37.6 Å². The summed E-state index contributed by atoms with van der Waals surface area (Å²) in [6.45, 7) is 6.52. The van der Waals surface area contributed by atoms with E-state index >= 15 is 0 Å². The van der Waals surface area contributed by atoms with Crippen molar-refractivity contribution in [3.63, 3.8) is 0 Å². The van der Waals surface area contributed by atoms with Crippen LogP contribution in [0.5, 0.6) is 0 Å². The highest BCUT2D eigenvalue weighted by atomic mass is 15.1. The van der Waals surface area contributed by atoms with E-state index < -0.39 is 0 Å². The second-order valence-corrected chi connectivity index (χ2v) is 8.79. The van der Waals surface area contributed by atoms with Gasteiger partial charge in [-0.25, -0.2) is 0 Å². The van der Waals surface area contributed by atoms with Crippen molar-refractivity contribution in [3.05, 3.63) is 0 Å². The Morgan fingerprint density at radius 1 is 0.600 bits per heavy atom. The second kappa shape index (κ2) is 15.0. The molecule has 1 aliphatic carbocycles. The lowest BCUT2D eigenvalue weighted by Crippen LogP contribution is -2.30. The lowest BCUT2D eigenvalue weighted by atomic mass is 9.95. The molecule has 2 nitrogen and oxygen atoms in total. The molecule has 1 saturated carbocycles. The van der Waals surface area contributed by atoms with Crippen molar-refractivity contribution < 1.29 is 0 Å². The molecule has 0 aromatic rings. The Balaban J connectivity index is 1.53. The van der Waals surface area contributed by atoms with Crippen molar-refractivity contribution >= 4 is 0 Å². The number of hydrogen-bond donors (Lipinski definition) is 1. The second-order valence-electron chi connectivity index (χ2n) is 8.79. The van der Waals surface area contributed by atoms with Gasteiger partial charge in [0.15, 0.2) is 0 Å². The van der Waals surface area contributed by atoms with Crippen molar-refractivity contribution in [2.75, 3.05) is 32.7 Å². The summed E-state index contributed by atoms with van der Waals surface area (Å²) in [6, 6.07) is 0. The van der Waals surface area contributed by atoms with E-state index in [1.807, 2.05) is 0 Å². The first-order valence-electron chi connectivity index (χ1n) is 11.9. The Morgan fingerprint density at radius 3 is 1.64 bits per heavy atom. The third kappa shape index (κ3) is 11.3. The van der Waals surface area contributed by atoms with Gasteiger partial charge in [0.1, 0.15) is 0 Å². The SMILES string of the molecule is C1CCCCCC(CNCCCN2CCCCCCCC2)CCCC1. The first-order valence-corrected chi connectivity index (χ1v) is 11.9. The third-order valence-corrected chi connectivity index (χ3v) is 6.43. The van der Waals surface area contributed by atoms with Gasteiger partial charge >= 0.3 is 0 Å². The van der Waals surface area contributed by atoms with E-state index in [0.717, 1.165) is 5.92 Å². The van der Waals surface area contributed by atoms with Gasteiger partial charge in [-0.1, -0.05) is 77.0 Å². The molecule has 0 spiro atoms. The topological polar surface area (TPSA) is 15.3 Å². The van der Waals surface area contributed by atoms with Gasteiger partial charge in [0.05, 0.1) is 0 Å². The van der Waals surface area contributed by atoms with Gasteiger partial charge in [-0.15, -0.1) is 0 Å². The van der Waals surface area contributed by atoms with Gasteiger partial charge < -0.3 is 10.2 Å². The van der Waals surface area contributed by atoms with Crippen LogP contribution in [0.15, 0.2) is 0 Å². The highest BCUT2D eigenvalue weighted by Crippen LogP contribution is 2.20. The van der Waals surface area contributed by atoms with E-state index in [2.05, 4.69) is 10.2 Å². The van der Waals surface area contributed by atoms with E-state index in [1.54, 1.807) is 0 Å². The molecule has 0 atom stereocenters. The van der Waals surface area contributed by atoms with Crippen LogP contribution in [0.2, 0.25) is 0 Å². The average molecular weight is 351 g/mol. The molecule has 0 radical (unpaired) electrons. The van der Waals surface area contributed by atoms with Gasteiger partial charge in [-0.05, 0) is 70.7 Å². The predicted molar refractivity (Wildman–Crippen MR) is 111 cm³/mol. The summed E-state index contributed by atoms with van der Waals surface area (Å²) in [5, 5.41) is 3.81. The van der Waals surface area contributed by atoms with Gasteiger partial charge in [0.25, 0.3) is 0 Å². The van der Waals surface area contributed by atoms with Crippen molar-refractivity contribution in [1.29, 1.82) is 0 Å². The fourth-order valence-corrected chi connectivity index (χ4v) is 4.72. The van der Waals surface area contributed by atoms with Crippen LogP contribution in [0.25, 0.3) is 0 Å². The first kappa shape index (κ1) is 21.2. The van der Waals surface area contributed by atoms with E-state index in [1.165, 1.54) is 142 Å². The lowest BCUT2D eigenvalue weighted by Gasteiger charge is -2.22. The average Bonchev–Trinajstić information content (AvgIpc) is 2.71. The fraction of sp³-hybridized carbons (Fsp3) is 1.00. The molecule has 2 fully saturated rings. The summed E-state index contributed by atoms with van der Waals surface area (Å²) in [5.41, 5.74) is 0. The summed E-state index contributed by atoms with van der Waals surface area (Å²) in [7, 11) is 0. The molecule has 1 aliphatic heterocycles.